The average Bonchev–Trinajstić information content (AvgIpc) is 3.43. The van der Waals surface area contributed by atoms with Gasteiger partial charge in [-0.2, -0.15) is 0 Å². The van der Waals surface area contributed by atoms with Gasteiger partial charge in [0, 0.05) is 19.2 Å². The largest absolute Gasteiger partial charge is 0.494 e. The van der Waals surface area contributed by atoms with Gasteiger partial charge >= 0.3 is 0 Å². The second kappa shape index (κ2) is 11.5. The van der Waals surface area contributed by atoms with Crippen LogP contribution in [0.4, 0.5) is 11.4 Å². The Bertz CT molecular complexity index is 1380. The highest BCUT2D eigenvalue weighted by atomic mass is 32.2. The van der Waals surface area contributed by atoms with Crippen molar-refractivity contribution in [3.05, 3.63) is 77.9 Å². The van der Waals surface area contributed by atoms with Crippen molar-refractivity contribution < 1.29 is 22.7 Å². The molecule has 0 radical (unpaired) electrons. The summed E-state index contributed by atoms with van der Waals surface area (Å²) >= 11 is 0. The van der Waals surface area contributed by atoms with Crippen molar-refractivity contribution in [2.24, 2.45) is 0 Å². The Labute approximate surface area is 217 Å². The van der Waals surface area contributed by atoms with Crippen LogP contribution in [0.5, 0.6) is 5.75 Å². The molecule has 2 N–H and O–H groups in total. The van der Waals surface area contributed by atoms with Gasteiger partial charge in [0.05, 0.1) is 39.9 Å². The molecule has 0 atom stereocenters. The Morgan fingerprint density at radius 1 is 0.946 bits per heavy atom. The van der Waals surface area contributed by atoms with Crippen LogP contribution in [0.3, 0.4) is 0 Å². The first-order valence-electron chi connectivity index (χ1n) is 12.3. The number of hydrogen-bond donors (Lipinski definition) is 2. The minimum absolute atomic E-state index is 0.0136. The van der Waals surface area contributed by atoms with Crippen LogP contribution < -0.4 is 15.4 Å². The van der Waals surface area contributed by atoms with Crippen LogP contribution in [0.2, 0.25) is 0 Å². The molecule has 2 amide bonds. The Morgan fingerprint density at radius 3 is 2.35 bits per heavy atom. The molecule has 0 bridgehead atoms. The van der Waals surface area contributed by atoms with Gasteiger partial charge in [0.25, 0.3) is 5.91 Å². The topological polar surface area (TPSA) is 105 Å². The average molecular weight is 522 g/mol. The Morgan fingerprint density at radius 2 is 1.65 bits per heavy atom. The smallest absolute Gasteiger partial charge is 0.255 e. The van der Waals surface area contributed by atoms with Crippen molar-refractivity contribution in [1.29, 1.82) is 0 Å². The second-order valence-corrected chi connectivity index (χ2v) is 10.8. The Balaban J connectivity index is 1.54. The van der Waals surface area contributed by atoms with E-state index < -0.39 is 15.7 Å². The zero-order valence-corrected chi connectivity index (χ0v) is 21.8. The molecule has 4 rings (SSSR count). The fourth-order valence-corrected chi connectivity index (χ4v) is 5.66. The van der Waals surface area contributed by atoms with Gasteiger partial charge in [0.15, 0.2) is 0 Å². The molecule has 0 aromatic heterocycles. The molecule has 1 aliphatic heterocycles. The number of anilines is 2. The standard InChI is InChI=1S/C28H31N3O5S/c1-3-36-21-12-15-25(26(18-21)37(34,35)22-13-10-20(2)11-14-22)29-19-27(32)30-24-9-5-4-8-23(24)28(33)31-16-6-7-17-31/h4-5,8-15,18,29H,3,6-7,16-17,19H2,1-2H3,(H,30,32). The number of carbonyl (C=O) groups is 2. The van der Waals surface area contributed by atoms with E-state index in [0.29, 0.717) is 36.7 Å². The van der Waals surface area contributed by atoms with Crippen LogP contribution in [0.25, 0.3) is 0 Å². The van der Waals surface area contributed by atoms with Gasteiger partial charge in [-0.15, -0.1) is 0 Å². The zero-order valence-electron chi connectivity index (χ0n) is 21.0. The summed E-state index contributed by atoms with van der Waals surface area (Å²) in [6, 6.07) is 18.2. The maximum absolute atomic E-state index is 13.5. The molecule has 1 fully saturated rings. The Kier molecular flexibility index (Phi) is 8.13. The van der Waals surface area contributed by atoms with E-state index in [2.05, 4.69) is 10.6 Å². The van der Waals surface area contributed by atoms with Crippen molar-refractivity contribution in [2.75, 3.05) is 36.9 Å². The molecule has 0 unspecified atom stereocenters. The van der Waals surface area contributed by atoms with Crippen molar-refractivity contribution in [3.63, 3.8) is 0 Å². The SMILES string of the molecule is CCOc1ccc(NCC(=O)Nc2ccccc2C(=O)N2CCCC2)c(S(=O)(=O)c2ccc(C)cc2)c1. The number of nitrogens with one attached hydrogen (secondary N) is 2. The van der Waals surface area contributed by atoms with Crippen molar-refractivity contribution in [3.8, 4) is 5.75 Å². The van der Waals surface area contributed by atoms with Crippen LogP contribution in [-0.4, -0.2) is 51.4 Å². The monoisotopic (exact) mass is 521 g/mol. The number of benzene rings is 3. The van der Waals surface area contributed by atoms with E-state index in [0.717, 1.165) is 18.4 Å². The van der Waals surface area contributed by atoms with Crippen molar-refractivity contribution in [1.82, 2.24) is 4.90 Å². The van der Waals surface area contributed by atoms with Gasteiger partial charge in [-0.25, -0.2) is 8.42 Å². The van der Waals surface area contributed by atoms with Gasteiger partial charge in [0.1, 0.15) is 5.75 Å². The molecule has 1 aliphatic rings. The number of rotatable bonds is 9. The normalized spacial score (nSPS) is 13.3. The van der Waals surface area contributed by atoms with Crippen LogP contribution >= 0.6 is 0 Å². The molecular formula is C28H31N3O5S. The number of hydrogen-bond acceptors (Lipinski definition) is 6. The van der Waals surface area contributed by atoms with Crippen LogP contribution in [0.1, 0.15) is 35.7 Å². The zero-order chi connectivity index (χ0) is 26.4. The summed E-state index contributed by atoms with van der Waals surface area (Å²) in [6.07, 6.45) is 1.94. The van der Waals surface area contributed by atoms with E-state index in [9.17, 15) is 18.0 Å². The molecule has 9 heteroatoms. The Hall–Kier alpha value is -3.85. The fourth-order valence-electron chi connectivity index (χ4n) is 4.21. The van der Waals surface area contributed by atoms with E-state index in [1.807, 2.05) is 13.8 Å². The first-order valence-corrected chi connectivity index (χ1v) is 13.8. The van der Waals surface area contributed by atoms with E-state index in [1.165, 1.54) is 6.07 Å². The predicted octanol–water partition coefficient (Wildman–Crippen LogP) is 4.51. The number of carbonyl (C=O) groups excluding carboxylic acids is 2. The molecule has 3 aromatic rings. The molecule has 1 saturated heterocycles. The molecular weight excluding hydrogens is 490 g/mol. The van der Waals surface area contributed by atoms with Crippen LogP contribution in [0.15, 0.2) is 76.5 Å². The maximum atomic E-state index is 13.5. The highest BCUT2D eigenvalue weighted by molar-refractivity contribution is 7.91. The number of ether oxygens (including phenoxy) is 1. The molecule has 0 aliphatic carbocycles. The van der Waals surface area contributed by atoms with Gasteiger partial charge in [-0.1, -0.05) is 29.8 Å². The third kappa shape index (κ3) is 6.11. The highest BCUT2D eigenvalue weighted by Gasteiger charge is 2.24. The van der Waals surface area contributed by atoms with Crippen molar-refractivity contribution in [2.45, 2.75) is 36.5 Å². The molecule has 194 valence electrons. The van der Waals surface area contributed by atoms with Gasteiger partial charge in [0.2, 0.25) is 15.7 Å². The quantitative estimate of drug-likeness (QED) is 0.429. The number of nitrogens with zero attached hydrogens (tertiary/aromatic N) is 1. The predicted molar refractivity (Wildman–Crippen MR) is 143 cm³/mol. The minimum Gasteiger partial charge on any atom is -0.494 e. The molecule has 37 heavy (non-hydrogen) atoms. The summed E-state index contributed by atoms with van der Waals surface area (Å²) in [6.45, 7) is 5.30. The van der Waals surface area contributed by atoms with Crippen molar-refractivity contribution >= 4 is 33.0 Å². The van der Waals surface area contributed by atoms with Gasteiger partial charge in [-0.05, 0) is 63.1 Å². The minimum atomic E-state index is -3.89. The third-order valence-corrected chi connectivity index (χ3v) is 7.96. The second-order valence-electron chi connectivity index (χ2n) is 8.85. The van der Waals surface area contributed by atoms with Gasteiger partial charge in [-0.3, -0.25) is 9.59 Å². The van der Waals surface area contributed by atoms with E-state index in [1.54, 1.807) is 65.6 Å². The number of aryl methyl sites for hydroxylation is 1. The fraction of sp³-hybridized carbons (Fsp3) is 0.286. The highest BCUT2D eigenvalue weighted by Crippen LogP contribution is 2.31. The lowest BCUT2D eigenvalue weighted by Gasteiger charge is -2.18. The number of para-hydroxylation sites is 1. The summed E-state index contributed by atoms with van der Waals surface area (Å²) in [5.74, 6) is -0.105. The first-order chi connectivity index (χ1) is 17.8. The lowest BCUT2D eigenvalue weighted by molar-refractivity contribution is -0.114. The van der Waals surface area contributed by atoms with Gasteiger partial charge < -0.3 is 20.3 Å². The first kappa shape index (κ1) is 26.2. The number of likely N-dealkylation sites (tertiary alicyclic amines) is 1. The number of amides is 2. The summed E-state index contributed by atoms with van der Waals surface area (Å²) in [5.41, 5.74) is 2.08. The summed E-state index contributed by atoms with van der Waals surface area (Å²) in [7, 11) is -3.89. The van der Waals surface area contributed by atoms with Crippen LogP contribution in [0, 0.1) is 6.92 Å². The molecule has 8 nitrogen and oxygen atoms in total. The molecule has 0 saturated carbocycles. The van der Waals surface area contributed by atoms with E-state index in [4.69, 9.17) is 4.74 Å². The van der Waals surface area contributed by atoms with E-state index >= 15 is 0 Å². The number of sulfone groups is 1. The molecule has 3 aromatic carbocycles. The maximum Gasteiger partial charge on any atom is 0.255 e. The summed E-state index contributed by atoms with van der Waals surface area (Å²) < 4.78 is 32.5. The summed E-state index contributed by atoms with van der Waals surface area (Å²) in [4.78, 5) is 27.7. The lowest BCUT2D eigenvalue weighted by Crippen LogP contribution is -2.29. The third-order valence-electron chi connectivity index (χ3n) is 6.15. The molecule has 1 heterocycles. The van der Waals surface area contributed by atoms with E-state index in [-0.39, 0.29) is 27.9 Å². The lowest BCUT2D eigenvalue weighted by atomic mass is 10.1. The van der Waals surface area contributed by atoms with Crippen LogP contribution in [-0.2, 0) is 14.6 Å². The molecule has 0 spiro atoms. The summed E-state index contributed by atoms with van der Waals surface area (Å²) in [5, 5.41) is 5.74.